The molecular weight excluding hydrogens is 809 g/mol. The number of carbonyl (C=O) groups excluding carboxylic acids is 5. The van der Waals surface area contributed by atoms with Crippen LogP contribution >= 0.6 is 0 Å². The lowest BCUT2D eigenvalue weighted by Crippen LogP contribution is -2.61. The minimum Gasteiger partial charge on any atom is -0.497 e. The van der Waals surface area contributed by atoms with Gasteiger partial charge in [-0.25, -0.2) is 18.2 Å². The van der Waals surface area contributed by atoms with Gasteiger partial charge in [0.2, 0.25) is 33.7 Å². The van der Waals surface area contributed by atoms with Crippen molar-refractivity contribution in [1.82, 2.24) is 29.7 Å². The van der Waals surface area contributed by atoms with Gasteiger partial charge in [0, 0.05) is 60.3 Å². The lowest BCUT2D eigenvalue weighted by molar-refractivity contribution is -0.153. The van der Waals surface area contributed by atoms with Gasteiger partial charge in [-0.1, -0.05) is 36.4 Å². The Kier molecular flexibility index (Phi) is 11.6. The summed E-state index contributed by atoms with van der Waals surface area (Å²) in [6.07, 6.45) is -0.555. The molecule has 4 fully saturated rings. The van der Waals surface area contributed by atoms with E-state index in [2.05, 4.69) is 16.6 Å². The predicted molar refractivity (Wildman–Crippen MR) is 222 cm³/mol. The van der Waals surface area contributed by atoms with Gasteiger partial charge in [-0.2, -0.15) is 0 Å². The molecule has 17 nitrogen and oxygen atoms in total. The molecule has 2 aliphatic carbocycles. The highest BCUT2D eigenvalue weighted by molar-refractivity contribution is 7.91. The summed E-state index contributed by atoms with van der Waals surface area (Å²) in [7, 11) is -2.46. The van der Waals surface area contributed by atoms with Crippen LogP contribution in [0.3, 0.4) is 0 Å². The van der Waals surface area contributed by atoms with E-state index in [1.807, 2.05) is 30.3 Å². The molecule has 1 aromatic heterocycles. The van der Waals surface area contributed by atoms with Crippen molar-refractivity contribution < 1.29 is 51.8 Å². The van der Waals surface area contributed by atoms with Gasteiger partial charge in [0.1, 0.15) is 35.2 Å². The minimum atomic E-state index is -3.99. The summed E-state index contributed by atoms with van der Waals surface area (Å²) in [4.78, 5) is 89.4. The second-order valence-corrected chi connectivity index (χ2v) is 18.9. The van der Waals surface area contributed by atoms with E-state index in [9.17, 15) is 37.5 Å². The highest BCUT2D eigenvalue weighted by Gasteiger charge is 2.62. The van der Waals surface area contributed by atoms with Crippen LogP contribution in [-0.2, 0) is 34.0 Å². The van der Waals surface area contributed by atoms with Gasteiger partial charge >= 0.3 is 6.09 Å². The maximum atomic E-state index is 15.0. The monoisotopic (exact) mass is 858 g/mol. The predicted octanol–water partition coefficient (Wildman–Crippen LogP) is 3.61. The third kappa shape index (κ3) is 8.76. The number of carboxylic acid groups (broad SMARTS) is 1. The SMILES string of the molecule is C=C[C@@H]1C[C@]1(NC(=O)[C@@H]1CC(Oc2cc(-c3ccccc3)nc3cc(OC)ccc23)CN1C(=O)[C@H](CCC(=O)N1CCC1=O)N(C(=O)O)C(C)(C)C)C(=O)NS(=O)(=O)C1CC1. The quantitative estimate of drug-likeness (QED) is 0.147. The molecule has 0 spiro atoms. The number of rotatable bonds is 15. The van der Waals surface area contributed by atoms with Crippen LogP contribution < -0.4 is 19.5 Å². The molecule has 3 N–H and O–H groups in total. The van der Waals surface area contributed by atoms with Crippen molar-refractivity contribution in [1.29, 1.82) is 0 Å². The van der Waals surface area contributed by atoms with Gasteiger partial charge in [0.25, 0.3) is 5.91 Å². The average Bonchev–Trinajstić information content (AvgIpc) is 4.14. The number of β-lactam (4-membered cyclic amide) rings is 1. The number of nitrogens with one attached hydrogen (secondary N) is 2. The number of amides is 6. The summed E-state index contributed by atoms with van der Waals surface area (Å²) in [5.74, 6) is -3.13. The van der Waals surface area contributed by atoms with E-state index in [1.54, 1.807) is 45.0 Å². The molecule has 2 aromatic carbocycles. The number of imide groups is 1. The number of nitrogens with zero attached hydrogens (tertiary/aromatic N) is 4. The molecule has 3 aromatic rings. The smallest absolute Gasteiger partial charge is 0.408 e. The second kappa shape index (κ2) is 16.4. The van der Waals surface area contributed by atoms with Crippen molar-refractivity contribution >= 4 is 56.6 Å². The molecule has 6 amide bonds. The van der Waals surface area contributed by atoms with Gasteiger partial charge in [-0.15, -0.1) is 6.58 Å². The summed E-state index contributed by atoms with van der Waals surface area (Å²) in [6, 6.07) is 13.6. The van der Waals surface area contributed by atoms with E-state index in [0.717, 1.165) is 15.4 Å². The fourth-order valence-corrected chi connectivity index (χ4v) is 9.51. The molecular formula is C43H50N6O11S. The number of sulfonamides is 1. The number of ether oxygens (including phenoxy) is 2. The van der Waals surface area contributed by atoms with Crippen LogP contribution in [0.15, 0.2) is 67.3 Å². The lowest BCUT2D eigenvalue weighted by atomic mass is 9.98. The van der Waals surface area contributed by atoms with Crippen molar-refractivity contribution in [3.63, 3.8) is 0 Å². The number of pyridine rings is 1. The number of methoxy groups -OCH3 is 1. The number of likely N-dealkylation sites (tertiary alicyclic amines) is 2. The fraction of sp³-hybridized carbons (Fsp3) is 0.465. The van der Waals surface area contributed by atoms with Gasteiger partial charge in [0.05, 0.1) is 30.1 Å². The Morgan fingerprint density at radius 3 is 2.39 bits per heavy atom. The van der Waals surface area contributed by atoms with E-state index < -0.39 is 80.2 Å². The van der Waals surface area contributed by atoms with Crippen molar-refractivity contribution in [3.05, 3.63) is 67.3 Å². The summed E-state index contributed by atoms with van der Waals surface area (Å²) >= 11 is 0. The van der Waals surface area contributed by atoms with E-state index in [1.165, 1.54) is 18.1 Å². The highest BCUT2D eigenvalue weighted by atomic mass is 32.2. The first-order chi connectivity index (χ1) is 28.9. The molecule has 18 heteroatoms. The first-order valence-electron chi connectivity index (χ1n) is 20.2. The second-order valence-electron chi connectivity index (χ2n) is 17.0. The molecule has 3 heterocycles. The lowest BCUT2D eigenvalue weighted by Gasteiger charge is -2.41. The van der Waals surface area contributed by atoms with Gasteiger partial charge in [-0.05, 0) is 58.6 Å². The third-order valence-corrected chi connectivity index (χ3v) is 13.6. The van der Waals surface area contributed by atoms with Crippen molar-refractivity contribution in [3.8, 4) is 22.8 Å². The Labute approximate surface area is 353 Å². The van der Waals surface area contributed by atoms with Crippen LogP contribution in [0.5, 0.6) is 11.5 Å². The molecule has 0 radical (unpaired) electrons. The summed E-state index contributed by atoms with van der Waals surface area (Å²) < 4.78 is 39.9. The Balaban J connectivity index is 1.25. The molecule has 61 heavy (non-hydrogen) atoms. The van der Waals surface area contributed by atoms with Crippen LogP contribution in [0.4, 0.5) is 4.79 Å². The Morgan fingerprint density at radius 2 is 1.82 bits per heavy atom. The number of hydrogen-bond acceptors (Lipinski definition) is 11. The standard InChI is InChI=1S/C43H50N6O11S/c1-6-26-23-43(26,40(54)46-61(57,58)29-13-14-29)45-38(52)34-21-28(60-35-22-31(25-10-8-7-9-11-25)44-32-20-27(59-5)12-15-30(32)35)24-48(34)39(53)33(49(41(55)56)42(2,3)4)16-17-36(50)47-19-18-37(47)51/h6-12,15,20,22,26,28-29,33-34H,1,13-14,16-19,21,23-24H2,2-5H3,(H,45,52)(H,46,54)(H,55,56)/t26-,28?,33+,34+,43-/m1/s1. The number of carbonyl (C=O) groups is 6. The summed E-state index contributed by atoms with van der Waals surface area (Å²) in [5, 5.41) is 13.2. The summed E-state index contributed by atoms with van der Waals surface area (Å²) in [6.45, 7) is 8.55. The molecule has 324 valence electrons. The van der Waals surface area contributed by atoms with Gasteiger partial charge in [0.15, 0.2) is 0 Å². The van der Waals surface area contributed by atoms with Crippen LogP contribution in [0, 0.1) is 5.92 Å². The Hall–Kier alpha value is -6.04. The number of fused-ring (bicyclic) bond motifs is 1. The van der Waals surface area contributed by atoms with Crippen LogP contribution in [0.2, 0.25) is 0 Å². The number of aromatic nitrogens is 1. The normalized spacial score (nSPS) is 22.8. The first kappa shape index (κ1) is 43.1. The average molecular weight is 859 g/mol. The van der Waals surface area contributed by atoms with Gasteiger partial charge in [-0.3, -0.25) is 38.5 Å². The van der Waals surface area contributed by atoms with Crippen LogP contribution in [0.25, 0.3) is 22.2 Å². The highest BCUT2D eigenvalue weighted by Crippen LogP contribution is 2.46. The molecule has 7 rings (SSSR count). The van der Waals surface area contributed by atoms with Crippen molar-refractivity contribution in [2.45, 2.75) is 100 Å². The molecule has 2 aliphatic heterocycles. The molecule has 4 aliphatic rings. The zero-order valence-corrected chi connectivity index (χ0v) is 35.3. The van der Waals surface area contributed by atoms with E-state index in [-0.39, 0.29) is 51.1 Å². The third-order valence-electron chi connectivity index (χ3n) is 11.7. The summed E-state index contributed by atoms with van der Waals surface area (Å²) in [5.41, 5.74) is -0.933. The molecule has 5 atom stereocenters. The van der Waals surface area contributed by atoms with E-state index in [0.29, 0.717) is 40.9 Å². The van der Waals surface area contributed by atoms with E-state index in [4.69, 9.17) is 14.5 Å². The van der Waals surface area contributed by atoms with Crippen LogP contribution in [-0.4, -0.2) is 124 Å². The fourth-order valence-electron chi connectivity index (χ4n) is 8.15. The van der Waals surface area contributed by atoms with Crippen molar-refractivity contribution in [2.24, 2.45) is 5.92 Å². The minimum absolute atomic E-state index is 0.0559. The number of hydrogen-bond donors (Lipinski definition) is 3. The Bertz CT molecular complexity index is 2400. The topological polar surface area (TPSA) is 222 Å². The van der Waals surface area contributed by atoms with Crippen LogP contribution in [0.1, 0.15) is 65.7 Å². The van der Waals surface area contributed by atoms with Gasteiger partial charge < -0.3 is 24.8 Å². The molecule has 0 bridgehead atoms. The maximum Gasteiger partial charge on any atom is 0.408 e. The Morgan fingerprint density at radius 1 is 1.10 bits per heavy atom. The zero-order chi connectivity index (χ0) is 44.0. The molecule has 2 saturated heterocycles. The number of benzene rings is 2. The molecule has 2 saturated carbocycles. The molecule has 1 unspecified atom stereocenters. The maximum absolute atomic E-state index is 15.0. The van der Waals surface area contributed by atoms with E-state index >= 15 is 4.79 Å². The van der Waals surface area contributed by atoms with Crippen molar-refractivity contribution in [2.75, 3.05) is 20.2 Å². The largest absolute Gasteiger partial charge is 0.497 e. The zero-order valence-electron chi connectivity index (χ0n) is 34.5. The first-order valence-corrected chi connectivity index (χ1v) is 21.8.